The standard InChI is InChI=1S/C9H8ClFO/c10-9(12)5-7-1-3-8(6-11)4-2-7/h1-4H,5-6H2. The molecular formula is C9H8ClFO. The summed E-state index contributed by atoms with van der Waals surface area (Å²) >= 11 is 5.17. The van der Waals surface area contributed by atoms with Crippen LogP contribution in [0.25, 0.3) is 0 Å². The van der Waals surface area contributed by atoms with E-state index in [0.29, 0.717) is 5.56 Å². The molecule has 0 spiro atoms. The zero-order chi connectivity index (χ0) is 8.97. The molecule has 1 aromatic carbocycles. The van der Waals surface area contributed by atoms with Crippen molar-refractivity contribution in [2.24, 2.45) is 0 Å². The summed E-state index contributed by atoms with van der Waals surface area (Å²) in [5, 5.41) is -0.400. The van der Waals surface area contributed by atoms with Crippen LogP contribution in [0, 0.1) is 0 Å². The lowest BCUT2D eigenvalue weighted by Crippen LogP contribution is -1.93. The topological polar surface area (TPSA) is 17.1 Å². The van der Waals surface area contributed by atoms with Crippen LogP contribution in [0.2, 0.25) is 0 Å². The molecular weight excluding hydrogens is 179 g/mol. The average molecular weight is 187 g/mol. The molecule has 0 aromatic heterocycles. The quantitative estimate of drug-likeness (QED) is 0.663. The minimum Gasteiger partial charge on any atom is -0.281 e. The molecule has 0 aliphatic carbocycles. The normalized spacial score (nSPS) is 9.83. The summed E-state index contributed by atoms with van der Waals surface area (Å²) in [6, 6.07) is 6.70. The molecule has 12 heavy (non-hydrogen) atoms. The molecule has 0 unspecified atom stereocenters. The van der Waals surface area contributed by atoms with Crippen molar-refractivity contribution in [2.45, 2.75) is 13.1 Å². The van der Waals surface area contributed by atoms with E-state index in [2.05, 4.69) is 0 Å². The highest BCUT2D eigenvalue weighted by Gasteiger charge is 1.98. The first kappa shape index (κ1) is 9.20. The first-order valence-electron chi connectivity index (χ1n) is 3.54. The van der Waals surface area contributed by atoms with Crippen molar-refractivity contribution < 1.29 is 9.18 Å². The van der Waals surface area contributed by atoms with Crippen LogP contribution in [0.15, 0.2) is 24.3 Å². The van der Waals surface area contributed by atoms with Gasteiger partial charge in [-0.3, -0.25) is 4.79 Å². The van der Waals surface area contributed by atoms with Crippen LogP contribution in [0.3, 0.4) is 0 Å². The molecule has 1 rings (SSSR count). The SMILES string of the molecule is O=C(Cl)Cc1ccc(CF)cc1. The van der Waals surface area contributed by atoms with Gasteiger partial charge in [0.2, 0.25) is 5.24 Å². The van der Waals surface area contributed by atoms with E-state index in [1.165, 1.54) is 0 Å². The number of benzene rings is 1. The Bertz CT molecular complexity index is 268. The van der Waals surface area contributed by atoms with Crippen molar-refractivity contribution in [3.05, 3.63) is 35.4 Å². The lowest BCUT2D eigenvalue weighted by atomic mass is 10.1. The fourth-order valence-electron chi connectivity index (χ4n) is 0.907. The Morgan fingerprint density at radius 3 is 2.17 bits per heavy atom. The van der Waals surface area contributed by atoms with Gasteiger partial charge in [-0.2, -0.15) is 0 Å². The van der Waals surface area contributed by atoms with Gasteiger partial charge in [0, 0.05) is 6.42 Å². The molecule has 0 saturated carbocycles. The zero-order valence-corrected chi connectivity index (χ0v) is 7.14. The predicted octanol–water partition coefficient (Wildman–Crippen LogP) is 2.46. The van der Waals surface area contributed by atoms with Gasteiger partial charge in [-0.1, -0.05) is 24.3 Å². The fourth-order valence-corrected chi connectivity index (χ4v) is 1.06. The van der Waals surface area contributed by atoms with Gasteiger partial charge in [0.1, 0.15) is 6.67 Å². The maximum absolute atomic E-state index is 12.0. The molecule has 0 N–H and O–H groups in total. The summed E-state index contributed by atoms with van der Waals surface area (Å²) in [5.41, 5.74) is 1.42. The lowest BCUT2D eigenvalue weighted by Gasteiger charge is -1.97. The number of carbonyl (C=O) groups is 1. The summed E-state index contributed by atoms with van der Waals surface area (Å²) in [7, 11) is 0. The second kappa shape index (κ2) is 4.21. The minimum atomic E-state index is -0.477. The van der Waals surface area contributed by atoms with Crippen LogP contribution in [-0.4, -0.2) is 5.24 Å². The summed E-state index contributed by atoms with van der Waals surface area (Å²) in [6.45, 7) is -0.477. The van der Waals surface area contributed by atoms with Gasteiger partial charge in [0.25, 0.3) is 0 Å². The number of carbonyl (C=O) groups excluding carboxylic acids is 1. The van der Waals surface area contributed by atoms with E-state index in [1.54, 1.807) is 24.3 Å². The van der Waals surface area contributed by atoms with Crippen LogP contribution in [0.1, 0.15) is 11.1 Å². The summed E-state index contributed by atoms with van der Waals surface area (Å²) in [4.78, 5) is 10.5. The Kier molecular flexibility index (Phi) is 3.23. The lowest BCUT2D eigenvalue weighted by molar-refractivity contribution is -0.111. The molecule has 0 amide bonds. The molecule has 0 fully saturated rings. The molecule has 0 atom stereocenters. The van der Waals surface area contributed by atoms with E-state index in [9.17, 15) is 9.18 Å². The molecule has 0 aliphatic rings. The maximum atomic E-state index is 12.0. The first-order chi connectivity index (χ1) is 5.72. The van der Waals surface area contributed by atoms with E-state index < -0.39 is 11.9 Å². The third-order valence-electron chi connectivity index (χ3n) is 1.52. The van der Waals surface area contributed by atoms with Gasteiger partial charge >= 0.3 is 0 Å². The highest BCUT2D eigenvalue weighted by Crippen LogP contribution is 2.07. The molecule has 0 saturated heterocycles. The van der Waals surface area contributed by atoms with Crippen LogP contribution >= 0.6 is 11.6 Å². The van der Waals surface area contributed by atoms with Crippen LogP contribution < -0.4 is 0 Å². The van der Waals surface area contributed by atoms with E-state index in [-0.39, 0.29) is 6.42 Å². The molecule has 1 nitrogen and oxygen atoms in total. The average Bonchev–Trinajstić information content (AvgIpc) is 2.05. The van der Waals surface area contributed by atoms with Gasteiger partial charge < -0.3 is 0 Å². The van der Waals surface area contributed by atoms with Gasteiger partial charge in [0.05, 0.1) is 0 Å². The van der Waals surface area contributed by atoms with E-state index in [4.69, 9.17) is 11.6 Å². The first-order valence-corrected chi connectivity index (χ1v) is 3.92. The second-order valence-corrected chi connectivity index (χ2v) is 2.90. The molecule has 0 bridgehead atoms. The number of halogens is 2. The Morgan fingerprint density at radius 1 is 1.25 bits per heavy atom. The van der Waals surface area contributed by atoms with E-state index >= 15 is 0 Å². The Balaban J connectivity index is 2.71. The molecule has 0 aliphatic heterocycles. The van der Waals surface area contributed by atoms with Crippen molar-refractivity contribution in [1.82, 2.24) is 0 Å². The molecule has 1 aromatic rings. The smallest absolute Gasteiger partial charge is 0.226 e. The van der Waals surface area contributed by atoms with E-state index in [0.717, 1.165) is 5.56 Å². The molecule has 64 valence electrons. The summed E-state index contributed by atoms with van der Waals surface area (Å²) < 4.78 is 12.0. The summed E-state index contributed by atoms with van der Waals surface area (Å²) in [5.74, 6) is 0. The second-order valence-electron chi connectivity index (χ2n) is 2.48. The predicted molar refractivity (Wildman–Crippen MR) is 45.8 cm³/mol. The van der Waals surface area contributed by atoms with Crippen molar-refractivity contribution in [3.8, 4) is 0 Å². The third-order valence-corrected chi connectivity index (χ3v) is 1.65. The monoisotopic (exact) mass is 186 g/mol. The largest absolute Gasteiger partial charge is 0.281 e. The van der Waals surface area contributed by atoms with Crippen LogP contribution in [0.4, 0.5) is 4.39 Å². The number of rotatable bonds is 3. The molecule has 3 heteroatoms. The fraction of sp³-hybridized carbons (Fsp3) is 0.222. The van der Waals surface area contributed by atoms with Gasteiger partial charge in [-0.05, 0) is 22.7 Å². The number of alkyl halides is 1. The van der Waals surface area contributed by atoms with Gasteiger partial charge in [0.15, 0.2) is 0 Å². The Labute approximate surface area is 75.2 Å². The Morgan fingerprint density at radius 2 is 1.75 bits per heavy atom. The van der Waals surface area contributed by atoms with Crippen molar-refractivity contribution in [3.63, 3.8) is 0 Å². The highest BCUT2D eigenvalue weighted by molar-refractivity contribution is 6.63. The van der Waals surface area contributed by atoms with Gasteiger partial charge in [-0.25, -0.2) is 4.39 Å². The molecule has 0 radical (unpaired) electrons. The maximum Gasteiger partial charge on any atom is 0.226 e. The minimum absolute atomic E-state index is 0.203. The van der Waals surface area contributed by atoms with Gasteiger partial charge in [-0.15, -0.1) is 0 Å². The Hall–Kier alpha value is -0.890. The zero-order valence-electron chi connectivity index (χ0n) is 6.39. The number of hydrogen-bond acceptors (Lipinski definition) is 1. The van der Waals surface area contributed by atoms with Crippen molar-refractivity contribution in [2.75, 3.05) is 0 Å². The van der Waals surface area contributed by atoms with Crippen LogP contribution in [0.5, 0.6) is 0 Å². The van der Waals surface area contributed by atoms with E-state index in [1.807, 2.05) is 0 Å². The van der Waals surface area contributed by atoms with Crippen molar-refractivity contribution in [1.29, 1.82) is 0 Å². The molecule has 0 heterocycles. The van der Waals surface area contributed by atoms with Crippen molar-refractivity contribution >= 4 is 16.8 Å². The number of hydrogen-bond donors (Lipinski definition) is 0. The third kappa shape index (κ3) is 2.62. The summed E-state index contributed by atoms with van der Waals surface area (Å²) in [6.07, 6.45) is 0.203. The highest BCUT2D eigenvalue weighted by atomic mass is 35.5. The van der Waals surface area contributed by atoms with Crippen LogP contribution in [-0.2, 0) is 17.9 Å².